The van der Waals surface area contributed by atoms with Crippen LogP contribution in [0.1, 0.15) is 5.56 Å². The third-order valence-electron chi connectivity index (χ3n) is 5.12. The van der Waals surface area contributed by atoms with Crippen LogP contribution in [0.25, 0.3) is 16.9 Å². The highest BCUT2D eigenvalue weighted by Gasteiger charge is 2.21. The second-order valence-corrected chi connectivity index (χ2v) is 8.05. The molecule has 3 aromatic heterocycles. The molecule has 0 saturated carbocycles. The molecule has 0 aliphatic rings. The van der Waals surface area contributed by atoms with Crippen molar-refractivity contribution in [2.75, 3.05) is 17.3 Å². The minimum atomic E-state index is 0.397. The van der Waals surface area contributed by atoms with E-state index in [0.717, 1.165) is 11.3 Å². The molecule has 34 heavy (non-hydrogen) atoms. The first kappa shape index (κ1) is 21.3. The van der Waals surface area contributed by atoms with Gasteiger partial charge in [-0.3, -0.25) is 4.98 Å². The van der Waals surface area contributed by atoms with Gasteiger partial charge in [-0.1, -0.05) is 30.3 Å². The van der Waals surface area contributed by atoms with E-state index < -0.39 is 0 Å². The number of hydrogen-bond donors (Lipinski definition) is 2. The number of benzene rings is 2. The lowest BCUT2D eigenvalue weighted by Gasteiger charge is -2.10. The average Bonchev–Trinajstić information content (AvgIpc) is 3.19. The third kappa shape index (κ3) is 3.98. The van der Waals surface area contributed by atoms with Gasteiger partial charge in [-0.25, -0.2) is 9.50 Å². The molecule has 3 heterocycles. The molecular weight excluding hydrogens is 446 g/mol. The lowest BCUT2D eigenvalue weighted by Crippen LogP contribution is -2.03. The Labute approximate surface area is 200 Å². The Kier molecular flexibility index (Phi) is 5.72. The van der Waals surface area contributed by atoms with Gasteiger partial charge in [0, 0.05) is 23.6 Å². The van der Waals surface area contributed by atoms with Gasteiger partial charge in [0.15, 0.2) is 11.5 Å². The zero-order chi connectivity index (χ0) is 23.5. The molecule has 0 radical (unpaired) electrons. The van der Waals surface area contributed by atoms with Crippen molar-refractivity contribution in [3.63, 3.8) is 0 Å². The van der Waals surface area contributed by atoms with Crippen molar-refractivity contribution < 1.29 is 4.74 Å². The largest absolute Gasteiger partial charge is 0.457 e. The molecule has 0 aliphatic carbocycles. The summed E-state index contributed by atoms with van der Waals surface area (Å²) in [6.45, 7) is 0. The standard InChI is InChI=1S/C25H19N7OS/c1-34-25-20(15-26)22(16-5-3-2-4-6-16)32-24(30-25)21(27)23(31-32)29-17-7-9-18(10-8-17)33-19-11-13-28-14-12-19/h2-14H,27H2,1H3,(H,29,31). The van der Waals surface area contributed by atoms with Gasteiger partial charge in [0.2, 0.25) is 0 Å². The molecule has 0 aliphatic heterocycles. The fraction of sp³-hybridized carbons (Fsp3) is 0.0400. The van der Waals surface area contributed by atoms with E-state index in [4.69, 9.17) is 10.5 Å². The van der Waals surface area contributed by atoms with Crippen molar-refractivity contribution in [2.24, 2.45) is 0 Å². The Morgan fingerprint density at radius 3 is 2.38 bits per heavy atom. The number of nitrogens with one attached hydrogen (secondary N) is 1. The number of nitrogens with zero attached hydrogens (tertiary/aromatic N) is 5. The summed E-state index contributed by atoms with van der Waals surface area (Å²) in [5.74, 6) is 1.85. The van der Waals surface area contributed by atoms with E-state index in [1.807, 2.05) is 60.9 Å². The first-order chi connectivity index (χ1) is 16.7. The molecule has 9 heteroatoms. The fourth-order valence-electron chi connectivity index (χ4n) is 3.53. The van der Waals surface area contributed by atoms with E-state index in [1.54, 1.807) is 29.0 Å². The highest BCUT2D eigenvalue weighted by molar-refractivity contribution is 7.98. The first-order valence-electron chi connectivity index (χ1n) is 10.3. The Balaban J connectivity index is 1.53. The topological polar surface area (TPSA) is 114 Å². The van der Waals surface area contributed by atoms with Crippen LogP contribution in [0, 0.1) is 11.3 Å². The van der Waals surface area contributed by atoms with Crippen molar-refractivity contribution in [3.05, 3.63) is 84.7 Å². The summed E-state index contributed by atoms with van der Waals surface area (Å²) in [6, 6.07) is 23.0. The first-order valence-corrected chi connectivity index (χ1v) is 11.6. The fourth-order valence-corrected chi connectivity index (χ4v) is 4.06. The minimum Gasteiger partial charge on any atom is -0.457 e. The molecule has 5 aromatic rings. The summed E-state index contributed by atoms with van der Waals surface area (Å²) < 4.78 is 7.45. The number of hydrogen-bond acceptors (Lipinski definition) is 8. The minimum absolute atomic E-state index is 0.397. The third-order valence-corrected chi connectivity index (χ3v) is 5.80. The number of ether oxygens (including phenoxy) is 1. The number of nitrogen functional groups attached to an aromatic ring is 1. The number of thioether (sulfide) groups is 1. The van der Waals surface area contributed by atoms with Crippen LogP contribution < -0.4 is 15.8 Å². The van der Waals surface area contributed by atoms with Gasteiger partial charge >= 0.3 is 0 Å². The molecule has 0 atom stereocenters. The number of nitriles is 1. The van der Waals surface area contributed by atoms with Crippen molar-refractivity contribution >= 4 is 34.6 Å². The van der Waals surface area contributed by atoms with Crippen LogP contribution in [0.2, 0.25) is 0 Å². The van der Waals surface area contributed by atoms with Crippen molar-refractivity contribution in [3.8, 4) is 28.8 Å². The lowest BCUT2D eigenvalue weighted by atomic mass is 10.1. The summed E-state index contributed by atoms with van der Waals surface area (Å²) in [5, 5.41) is 18.4. The quantitative estimate of drug-likeness (QED) is 0.249. The van der Waals surface area contributed by atoms with E-state index in [1.165, 1.54) is 11.8 Å². The molecule has 0 amide bonds. The summed E-state index contributed by atoms with van der Waals surface area (Å²) >= 11 is 1.40. The Hall–Kier alpha value is -4.55. The van der Waals surface area contributed by atoms with E-state index >= 15 is 0 Å². The van der Waals surface area contributed by atoms with Gasteiger partial charge in [-0.2, -0.15) is 5.26 Å². The Morgan fingerprint density at radius 1 is 1.00 bits per heavy atom. The van der Waals surface area contributed by atoms with Gasteiger partial charge < -0.3 is 15.8 Å². The van der Waals surface area contributed by atoms with E-state index in [0.29, 0.717) is 44.9 Å². The van der Waals surface area contributed by atoms with E-state index in [-0.39, 0.29) is 0 Å². The molecule has 8 nitrogen and oxygen atoms in total. The number of nitrogens with two attached hydrogens (primary N) is 1. The highest BCUT2D eigenvalue weighted by atomic mass is 32.2. The molecule has 0 bridgehead atoms. The molecule has 0 unspecified atom stereocenters. The molecule has 3 N–H and O–H groups in total. The van der Waals surface area contributed by atoms with Crippen LogP contribution in [-0.2, 0) is 0 Å². The van der Waals surface area contributed by atoms with Gasteiger partial charge in [0.1, 0.15) is 33.8 Å². The zero-order valence-corrected chi connectivity index (χ0v) is 19.0. The molecule has 0 fully saturated rings. The Bertz CT molecular complexity index is 1490. The van der Waals surface area contributed by atoms with Crippen LogP contribution in [0.5, 0.6) is 11.5 Å². The van der Waals surface area contributed by atoms with Crippen molar-refractivity contribution in [1.82, 2.24) is 19.6 Å². The number of pyridine rings is 1. The highest BCUT2D eigenvalue weighted by Crippen LogP contribution is 2.35. The summed E-state index contributed by atoms with van der Waals surface area (Å²) in [7, 11) is 0. The van der Waals surface area contributed by atoms with E-state index in [2.05, 4.69) is 26.5 Å². The smallest absolute Gasteiger partial charge is 0.182 e. The second-order valence-electron chi connectivity index (χ2n) is 7.25. The van der Waals surface area contributed by atoms with Crippen molar-refractivity contribution in [2.45, 2.75) is 5.03 Å². The van der Waals surface area contributed by atoms with Crippen LogP contribution in [0.15, 0.2) is 84.1 Å². The normalized spacial score (nSPS) is 10.7. The molecule has 0 spiro atoms. The summed E-state index contributed by atoms with van der Waals surface area (Å²) in [4.78, 5) is 8.61. The number of fused-ring (bicyclic) bond motifs is 1. The maximum absolute atomic E-state index is 9.89. The van der Waals surface area contributed by atoms with Crippen LogP contribution >= 0.6 is 11.8 Å². The maximum atomic E-state index is 9.89. The lowest BCUT2D eigenvalue weighted by molar-refractivity contribution is 0.482. The average molecular weight is 466 g/mol. The van der Waals surface area contributed by atoms with Crippen LogP contribution in [0.3, 0.4) is 0 Å². The number of anilines is 3. The zero-order valence-electron chi connectivity index (χ0n) is 18.1. The molecule has 5 rings (SSSR count). The summed E-state index contributed by atoms with van der Waals surface area (Å²) in [5.41, 5.74) is 10.1. The Morgan fingerprint density at radius 2 is 1.71 bits per heavy atom. The van der Waals surface area contributed by atoms with Crippen LogP contribution in [-0.4, -0.2) is 25.8 Å². The van der Waals surface area contributed by atoms with Gasteiger partial charge in [-0.05, 0) is 42.7 Å². The number of aromatic nitrogens is 4. The van der Waals surface area contributed by atoms with E-state index in [9.17, 15) is 5.26 Å². The molecule has 166 valence electrons. The number of rotatable bonds is 6. The molecule has 2 aromatic carbocycles. The maximum Gasteiger partial charge on any atom is 0.182 e. The molecular formula is C25H19N7OS. The second kappa shape index (κ2) is 9.13. The van der Waals surface area contributed by atoms with Gasteiger partial charge in [0.05, 0.1) is 5.69 Å². The van der Waals surface area contributed by atoms with Crippen LogP contribution in [0.4, 0.5) is 17.2 Å². The molecule has 0 saturated heterocycles. The monoisotopic (exact) mass is 465 g/mol. The summed E-state index contributed by atoms with van der Waals surface area (Å²) in [6.07, 6.45) is 5.24. The van der Waals surface area contributed by atoms with Gasteiger partial charge in [-0.15, -0.1) is 16.9 Å². The van der Waals surface area contributed by atoms with Gasteiger partial charge in [0.25, 0.3) is 0 Å². The van der Waals surface area contributed by atoms with Crippen molar-refractivity contribution in [1.29, 1.82) is 5.26 Å². The predicted molar refractivity (Wildman–Crippen MR) is 133 cm³/mol. The predicted octanol–water partition coefficient (Wildman–Crippen LogP) is 5.50. The SMILES string of the molecule is CSc1nc2c(N)c(Nc3ccc(Oc4ccncc4)cc3)nn2c(-c2ccccc2)c1C#N.